The van der Waals surface area contributed by atoms with Gasteiger partial charge in [-0.2, -0.15) is 0 Å². The molecule has 7 nitrogen and oxygen atoms in total. The highest BCUT2D eigenvalue weighted by Crippen LogP contribution is 2.44. The molecular weight excluding hydrogens is 432 g/mol. The zero-order chi connectivity index (χ0) is 23.7. The molecular formula is C27H30N2O5. The second-order valence-corrected chi connectivity index (χ2v) is 9.83. The predicted molar refractivity (Wildman–Crippen MR) is 126 cm³/mol. The molecule has 0 spiro atoms. The van der Waals surface area contributed by atoms with Gasteiger partial charge in [0.15, 0.2) is 0 Å². The van der Waals surface area contributed by atoms with Crippen molar-refractivity contribution in [1.29, 1.82) is 0 Å². The number of benzene rings is 2. The Morgan fingerprint density at radius 3 is 2.18 bits per heavy atom. The molecule has 2 unspecified atom stereocenters. The molecule has 34 heavy (non-hydrogen) atoms. The molecule has 2 atom stereocenters. The maximum atomic E-state index is 13.0. The number of ether oxygens (including phenoxy) is 1. The van der Waals surface area contributed by atoms with E-state index in [1.807, 2.05) is 24.3 Å². The number of alkyl carbamates (subject to hydrolysis) is 1. The van der Waals surface area contributed by atoms with Gasteiger partial charge in [0.05, 0.1) is 11.3 Å². The fraction of sp³-hybridized carbons (Fsp3) is 0.444. The van der Waals surface area contributed by atoms with Crippen molar-refractivity contribution in [3.63, 3.8) is 0 Å². The Balaban J connectivity index is 1.16. The Morgan fingerprint density at radius 1 is 0.971 bits per heavy atom. The second kappa shape index (κ2) is 9.12. The number of aliphatic carboxylic acids is 1. The van der Waals surface area contributed by atoms with Gasteiger partial charge < -0.3 is 20.5 Å². The molecule has 0 bridgehead atoms. The van der Waals surface area contributed by atoms with Crippen LogP contribution in [0.1, 0.15) is 55.6 Å². The molecule has 2 amide bonds. The second-order valence-electron chi connectivity index (χ2n) is 9.83. The number of hydrogen-bond acceptors (Lipinski definition) is 4. The first-order valence-corrected chi connectivity index (χ1v) is 12.1. The van der Waals surface area contributed by atoms with Crippen molar-refractivity contribution >= 4 is 18.0 Å². The van der Waals surface area contributed by atoms with Gasteiger partial charge in [-0.25, -0.2) is 4.79 Å². The lowest BCUT2D eigenvalue weighted by Gasteiger charge is -2.40. The lowest BCUT2D eigenvalue weighted by atomic mass is 9.68. The summed E-state index contributed by atoms with van der Waals surface area (Å²) < 4.78 is 5.61. The van der Waals surface area contributed by atoms with Crippen molar-refractivity contribution in [2.24, 2.45) is 11.3 Å². The molecule has 3 aliphatic carbocycles. The lowest BCUT2D eigenvalue weighted by molar-refractivity contribution is -0.142. The highest BCUT2D eigenvalue weighted by Gasteiger charge is 2.45. The molecule has 2 aromatic carbocycles. The van der Waals surface area contributed by atoms with Crippen molar-refractivity contribution in [2.45, 2.75) is 50.5 Å². The maximum Gasteiger partial charge on any atom is 0.407 e. The number of hydrogen-bond donors (Lipinski definition) is 3. The Hall–Kier alpha value is -3.35. The predicted octanol–water partition coefficient (Wildman–Crippen LogP) is 4.06. The molecule has 2 saturated carbocycles. The summed E-state index contributed by atoms with van der Waals surface area (Å²) in [5, 5.41) is 15.0. The van der Waals surface area contributed by atoms with Gasteiger partial charge in [-0.1, -0.05) is 55.0 Å². The Morgan fingerprint density at radius 2 is 1.62 bits per heavy atom. The van der Waals surface area contributed by atoms with Gasteiger partial charge in [-0.05, 0) is 54.4 Å². The first-order valence-electron chi connectivity index (χ1n) is 12.1. The third-order valence-corrected chi connectivity index (χ3v) is 7.82. The first-order chi connectivity index (χ1) is 16.5. The van der Waals surface area contributed by atoms with Crippen molar-refractivity contribution in [3.05, 3.63) is 59.7 Å². The van der Waals surface area contributed by atoms with E-state index in [4.69, 9.17) is 4.74 Å². The van der Waals surface area contributed by atoms with Gasteiger partial charge in [0.25, 0.3) is 0 Å². The van der Waals surface area contributed by atoms with Crippen LogP contribution in [-0.4, -0.2) is 42.3 Å². The molecule has 0 heterocycles. The zero-order valence-electron chi connectivity index (χ0n) is 19.1. The third-order valence-electron chi connectivity index (χ3n) is 7.82. The summed E-state index contributed by atoms with van der Waals surface area (Å²) in [6.45, 7) is 0.461. The number of carboxylic acids is 1. The van der Waals surface area contributed by atoms with E-state index in [0.29, 0.717) is 32.1 Å². The van der Waals surface area contributed by atoms with Gasteiger partial charge in [0.1, 0.15) is 6.61 Å². The lowest BCUT2D eigenvalue weighted by Crippen LogP contribution is -2.54. The van der Waals surface area contributed by atoms with Gasteiger partial charge in [0, 0.05) is 18.5 Å². The van der Waals surface area contributed by atoms with Gasteiger partial charge in [0.2, 0.25) is 5.91 Å². The fourth-order valence-electron chi connectivity index (χ4n) is 5.65. The average Bonchev–Trinajstić information content (AvgIpc) is 3.40. The van der Waals surface area contributed by atoms with Crippen molar-refractivity contribution in [2.75, 3.05) is 13.2 Å². The molecule has 2 aromatic rings. The monoisotopic (exact) mass is 462 g/mol. The topological polar surface area (TPSA) is 105 Å². The number of fused-ring (bicyclic) bond motifs is 3. The number of carboxylic acid groups (broad SMARTS) is 1. The number of carbonyl (C=O) groups excluding carboxylic acids is 2. The van der Waals surface area contributed by atoms with Crippen molar-refractivity contribution in [1.82, 2.24) is 10.6 Å². The van der Waals surface area contributed by atoms with Crippen LogP contribution in [0.2, 0.25) is 0 Å². The molecule has 0 aromatic heterocycles. The Bertz CT molecular complexity index is 1060. The number of rotatable bonds is 7. The Labute approximate surface area is 198 Å². The van der Waals surface area contributed by atoms with E-state index in [9.17, 15) is 19.5 Å². The molecule has 0 radical (unpaired) electrons. The number of carbonyl (C=O) groups is 3. The molecule has 178 valence electrons. The normalized spacial score (nSPS) is 22.2. The molecule has 5 rings (SSSR count). The fourth-order valence-corrected chi connectivity index (χ4v) is 5.65. The quantitative estimate of drug-likeness (QED) is 0.576. The van der Waals surface area contributed by atoms with Crippen LogP contribution in [0.4, 0.5) is 4.79 Å². The third kappa shape index (κ3) is 4.15. The highest BCUT2D eigenvalue weighted by molar-refractivity contribution is 5.85. The van der Waals surface area contributed by atoms with E-state index >= 15 is 0 Å². The van der Waals surface area contributed by atoms with Crippen LogP contribution in [0.5, 0.6) is 0 Å². The summed E-state index contributed by atoms with van der Waals surface area (Å²) in [4.78, 5) is 36.7. The van der Waals surface area contributed by atoms with Gasteiger partial charge >= 0.3 is 12.1 Å². The van der Waals surface area contributed by atoms with E-state index < -0.39 is 17.5 Å². The first kappa shape index (κ1) is 22.4. The van der Waals surface area contributed by atoms with Crippen LogP contribution >= 0.6 is 0 Å². The molecule has 0 saturated heterocycles. The van der Waals surface area contributed by atoms with E-state index in [2.05, 4.69) is 34.9 Å². The van der Waals surface area contributed by atoms with Gasteiger partial charge in [-0.3, -0.25) is 9.59 Å². The largest absolute Gasteiger partial charge is 0.481 e. The van der Waals surface area contributed by atoms with E-state index in [0.717, 1.165) is 17.5 Å². The molecule has 3 aliphatic rings. The van der Waals surface area contributed by atoms with Crippen molar-refractivity contribution < 1.29 is 24.2 Å². The minimum atomic E-state index is -0.799. The number of nitrogens with one attached hydrogen (secondary N) is 2. The van der Waals surface area contributed by atoms with Crippen LogP contribution in [0, 0.1) is 11.3 Å². The van der Waals surface area contributed by atoms with Crippen LogP contribution in [0.25, 0.3) is 11.1 Å². The maximum absolute atomic E-state index is 13.0. The molecule has 7 heteroatoms. The van der Waals surface area contributed by atoms with Crippen molar-refractivity contribution in [3.8, 4) is 11.1 Å². The molecule has 3 N–H and O–H groups in total. The van der Waals surface area contributed by atoms with Gasteiger partial charge in [-0.15, -0.1) is 0 Å². The summed E-state index contributed by atoms with van der Waals surface area (Å²) in [6.07, 6.45) is 3.56. The highest BCUT2D eigenvalue weighted by atomic mass is 16.5. The summed E-state index contributed by atoms with van der Waals surface area (Å²) in [5.41, 5.74) is 4.03. The minimum absolute atomic E-state index is 0.0105. The smallest absolute Gasteiger partial charge is 0.407 e. The number of amides is 2. The molecule has 2 fully saturated rings. The van der Waals surface area contributed by atoms with E-state index in [1.54, 1.807) is 0 Å². The summed E-state index contributed by atoms with van der Waals surface area (Å²) in [7, 11) is 0. The average molecular weight is 463 g/mol. The standard InChI is InChI=1S/C27H30N2O5/c30-24(31)17-10-11-18(14-17)29-25(32)27(12-5-13-27)16-28-26(33)34-15-23-21-8-3-1-6-19(21)20-7-2-4-9-22(20)23/h1-4,6-9,17-18,23H,5,10-16H2,(H,28,33)(H,29,32)(H,30,31). The minimum Gasteiger partial charge on any atom is -0.481 e. The summed E-state index contributed by atoms with van der Waals surface area (Å²) >= 11 is 0. The summed E-state index contributed by atoms with van der Waals surface area (Å²) in [5.74, 6) is -1.29. The van der Waals surface area contributed by atoms with E-state index in [1.165, 1.54) is 11.1 Å². The van der Waals surface area contributed by atoms with Crippen LogP contribution in [0.3, 0.4) is 0 Å². The van der Waals surface area contributed by atoms with Crippen LogP contribution in [0.15, 0.2) is 48.5 Å². The molecule has 0 aliphatic heterocycles. The van der Waals surface area contributed by atoms with Crippen LogP contribution < -0.4 is 10.6 Å². The van der Waals surface area contributed by atoms with Crippen LogP contribution in [-0.2, 0) is 14.3 Å². The SMILES string of the molecule is O=C(NCC1(C(=O)NC2CCC(C(=O)O)C2)CCC1)OCC1c2ccccc2-c2ccccc21. The summed E-state index contributed by atoms with van der Waals surface area (Å²) in [6, 6.07) is 16.3. The zero-order valence-corrected chi connectivity index (χ0v) is 19.1. The Kier molecular flexibility index (Phi) is 6.02. The van der Waals surface area contributed by atoms with E-state index in [-0.39, 0.29) is 36.9 Å².